The Morgan fingerprint density at radius 3 is 2.50 bits per heavy atom. The van der Waals surface area contributed by atoms with Gasteiger partial charge in [0.1, 0.15) is 11.5 Å². The van der Waals surface area contributed by atoms with E-state index in [-0.39, 0.29) is 0 Å². The van der Waals surface area contributed by atoms with E-state index >= 15 is 0 Å². The number of carbonyl (C=O) groups is 1. The zero-order valence-electron chi connectivity index (χ0n) is 15.8. The van der Waals surface area contributed by atoms with E-state index in [0.717, 1.165) is 21.6 Å². The molecule has 0 N–H and O–H groups in total. The molecule has 0 aliphatic carbocycles. The van der Waals surface area contributed by atoms with Gasteiger partial charge in [0.05, 0.1) is 35.6 Å². The summed E-state index contributed by atoms with van der Waals surface area (Å²) in [5.74, 6) is -0.854. The van der Waals surface area contributed by atoms with Gasteiger partial charge in [0, 0.05) is 27.7 Å². The molecule has 30 heavy (non-hydrogen) atoms. The van der Waals surface area contributed by atoms with Crippen molar-refractivity contribution < 1.29 is 13.9 Å². The number of ether oxygens (including phenoxy) is 1. The summed E-state index contributed by atoms with van der Waals surface area (Å²) >= 11 is 7.49. The van der Waals surface area contributed by atoms with Gasteiger partial charge in [-0.15, -0.1) is 0 Å². The molecule has 0 bridgehead atoms. The monoisotopic (exact) mass is 439 g/mol. The average molecular weight is 440 g/mol. The molecule has 8 heteroatoms. The molecule has 2 aromatic carbocycles. The third kappa shape index (κ3) is 4.37. The van der Waals surface area contributed by atoms with Crippen molar-refractivity contribution in [2.45, 2.75) is 9.79 Å². The molecule has 0 atom stereocenters. The maximum atomic E-state index is 13.7. The minimum Gasteiger partial charge on any atom is -0.465 e. The lowest BCUT2D eigenvalue weighted by Crippen LogP contribution is -2.00. The summed E-state index contributed by atoms with van der Waals surface area (Å²) in [6.45, 7) is 0. The van der Waals surface area contributed by atoms with Crippen LogP contribution in [0.5, 0.6) is 0 Å². The lowest BCUT2D eigenvalue weighted by Gasteiger charge is -2.04. The van der Waals surface area contributed by atoms with Crippen LogP contribution in [0.3, 0.4) is 0 Å². The predicted molar refractivity (Wildman–Crippen MR) is 114 cm³/mol. The van der Waals surface area contributed by atoms with Gasteiger partial charge in [0.25, 0.3) is 0 Å². The first-order valence-corrected chi connectivity index (χ1v) is 10.1. The van der Waals surface area contributed by atoms with Crippen LogP contribution in [0, 0.1) is 5.82 Å². The molecule has 150 valence electrons. The molecule has 2 aromatic heterocycles. The maximum absolute atomic E-state index is 13.7. The van der Waals surface area contributed by atoms with E-state index in [2.05, 4.69) is 10.1 Å². The van der Waals surface area contributed by atoms with Crippen molar-refractivity contribution in [1.29, 1.82) is 0 Å². The van der Waals surface area contributed by atoms with Gasteiger partial charge in [0.2, 0.25) is 0 Å². The fourth-order valence-electron chi connectivity index (χ4n) is 2.80. The fraction of sp³-hybridized carbons (Fsp3) is 0.0455. The van der Waals surface area contributed by atoms with Crippen molar-refractivity contribution in [2.75, 3.05) is 7.11 Å². The number of methoxy groups -OCH3 is 1. The first-order valence-electron chi connectivity index (χ1n) is 8.86. The Kier molecular flexibility index (Phi) is 5.83. The highest BCUT2D eigenvalue weighted by atomic mass is 35.5. The fourth-order valence-corrected chi connectivity index (χ4v) is 3.86. The van der Waals surface area contributed by atoms with E-state index < -0.39 is 11.8 Å². The number of rotatable bonds is 5. The number of hydrogen-bond donors (Lipinski definition) is 0. The van der Waals surface area contributed by atoms with Gasteiger partial charge in [-0.1, -0.05) is 35.5 Å². The number of benzene rings is 2. The second-order valence-corrected chi connectivity index (χ2v) is 7.82. The molecule has 0 spiro atoms. The third-order valence-electron chi connectivity index (χ3n) is 4.26. The normalized spacial score (nSPS) is 10.8. The molecule has 0 unspecified atom stereocenters. The van der Waals surface area contributed by atoms with Crippen LogP contribution in [-0.2, 0) is 4.74 Å². The van der Waals surface area contributed by atoms with Crippen LogP contribution in [-0.4, -0.2) is 27.8 Å². The Balaban J connectivity index is 1.76. The molecule has 4 aromatic rings. The smallest absolute Gasteiger partial charge is 0.337 e. The van der Waals surface area contributed by atoms with E-state index in [4.69, 9.17) is 16.3 Å². The van der Waals surface area contributed by atoms with Crippen LogP contribution in [0.2, 0.25) is 5.02 Å². The molecule has 0 fully saturated rings. The van der Waals surface area contributed by atoms with Crippen molar-refractivity contribution in [3.8, 4) is 16.9 Å². The molecule has 4 rings (SSSR count). The van der Waals surface area contributed by atoms with Gasteiger partial charge in [-0.3, -0.25) is 4.98 Å². The second-order valence-electron chi connectivity index (χ2n) is 6.27. The van der Waals surface area contributed by atoms with Crippen LogP contribution in [0.1, 0.15) is 10.4 Å². The van der Waals surface area contributed by atoms with Crippen molar-refractivity contribution in [3.63, 3.8) is 0 Å². The largest absolute Gasteiger partial charge is 0.465 e. The number of pyridine rings is 1. The maximum Gasteiger partial charge on any atom is 0.337 e. The minimum absolute atomic E-state index is 0.409. The SMILES string of the molecule is COC(=O)c1ccc(-c2nn(-c3cncc(F)c3)cc2Sc2ccc(Cl)cc2)cc1. The lowest BCUT2D eigenvalue weighted by atomic mass is 10.1. The second kappa shape index (κ2) is 8.69. The molecular weight excluding hydrogens is 425 g/mol. The zero-order valence-corrected chi connectivity index (χ0v) is 17.3. The third-order valence-corrected chi connectivity index (χ3v) is 5.54. The van der Waals surface area contributed by atoms with Crippen LogP contribution in [0.4, 0.5) is 4.39 Å². The van der Waals surface area contributed by atoms with Gasteiger partial charge >= 0.3 is 5.97 Å². The lowest BCUT2D eigenvalue weighted by molar-refractivity contribution is 0.0601. The minimum atomic E-state index is -0.445. The van der Waals surface area contributed by atoms with Crippen LogP contribution >= 0.6 is 23.4 Å². The van der Waals surface area contributed by atoms with E-state index in [1.165, 1.54) is 31.1 Å². The van der Waals surface area contributed by atoms with Gasteiger partial charge in [-0.2, -0.15) is 5.10 Å². The van der Waals surface area contributed by atoms with Crippen LogP contribution < -0.4 is 0 Å². The molecule has 0 saturated carbocycles. The summed E-state index contributed by atoms with van der Waals surface area (Å²) in [4.78, 5) is 17.4. The molecule has 0 amide bonds. The molecule has 5 nitrogen and oxygen atoms in total. The first-order chi connectivity index (χ1) is 14.5. The van der Waals surface area contributed by atoms with Crippen LogP contribution in [0.15, 0.2) is 83.0 Å². The zero-order chi connectivity index (χ0) is 21.1. The Morgan fingerprint density at radius 1 is 1.10 bits per heavy atom. The van der Waals surface area contributed by atoms with Gasteiger partial charge in [0.15, 0.2) is 0 Å². The average Bonchev–Trinajstić information content (AvgIpc) is 3.19. The van der Waals surface area contributed by atoms with Gasteiger partial charge in [-0.05, 0) is 36.4 Å². The Morgan fingerprint density at radius 2 is 1.83 bits per heavy atom. The summed E-state index contributed by atoms with van der Waals surface area (Å²) in [6.07, 6.45) is 4.50. The molecule has 0 aliphatic rings. The summed E-state index contributed by atoms with van der Waals surface area (Å²) in [7, 11) is 1.34. The predicted octanol–water partition coefficient (Wildman–Crippen LogP) is 5.66. The summed E-state index contributed by atoms with van der Waals surface area (Å²) in [5.41, 5.74) is 2.45. The summed E-state index contributed by atoms with van der Waals surface area (Å²) < 4.78 is 20.0. The quantitative estimate of drug-likeness (QED) is 0.375. The van der Waals surface area contributed by atoms with Crippen molar-refractivity contribution in [3.05, 3.63) is 89.6 Å². The van der Waals surface area contributed by atoms with Crippen molar-refractivity contribution in [1.82, 2.24) is 14.8 Å². The number of esters is 1. The number of carbonyl (C=O) groups excluding carboxylic acids is 1. The standard InChI is InChI=1S/C22H15ClFN3O2S/c1-29-22(28)15-4-2-14(3-5-15)21-20(30-19-8-6-16(23)7-9-19)13-27(26-21)18-10-17(24)11-25-12-18/h2-13H,1H3. The topological polar surface area (TPSA) is 57.0 Å². The van der Waals surface area contributed by atoms with Crippen molar-refractivity contribution >= 4 is 29.3 Å². The molecule has 0 aliphatic heterocycles. The molecular formula is C22H15ClFN3O2S. The van der Waals surface area contributed by atoms with E-state index in [0.29, 0.717) is 22.0 Å². The Labute approximate surface area is 181 Å². The molecule has 2 heterocycles. The first kappa shape index (κ1) is 20.1. The van der Waals surface area contributed by atoms with E-state index in [1.54, 1.807) is 28.9 Å². The highest BCUT2D eigenvalue weighted by molar-refractivity contribution is 7.99. The van der Waals surface area contributed by atoms with Crippen molar-refractivity contribution in [2.24, 2.45) is 0 Å². The Bertz CT molecular complexity index is 1190. The number of halogens is 2. The van der Waals surface area contributed by atoms with Gasteiger partial charge in [-0.25, -0.2) is 13.9 Å². The molecule has 0 saturated heterocycles. The number of hydrogen-bond acceptors (Lipinski definition) is 5. The number of aromatic nitrogens is 3. The van der Waals surface area contributed by atoms with Gasteiger partial charge < -0.3 is 4.74 Å². The van der Waals surface area contributed by atoms with E-state index in [9.17, 15) is 9.18 Å². The summed E-state index contributed by atoms with van der Waals surface area (Å²) in [5, 5.41) is 5.30. The van der Waals surface area contributed by atoms with E-state index in [1.807, 2.05) is 30.5 Å². The molecule has 0 radical (unpaired) electrons. The number of nitrogens with zero attached hydrogens (tertiary/aromatic N) is 3. The highest BCUT2D eigenvalue weighted by Gasteiger charge is 2.15. The Hall–Kier alpha value is -3.16. The van der Waals surface area contributed by atoms with Crippen LogP contribution in [0.25, 0.3) is 16.9 Å². The summed E-state index contributed by atoms with van der Waals surface area (Å²) in [6, 6.07) is 15.8. The highest BCUT2D eigenvalue weighted by Crippen LogP contribution is 2.36.